The van der Waals surface area contributed by atoms with Crippen LogP contribution in [0.4, 0.5) is 0 Å². The van der Waals surface area contributed by atoms with Gasteiger partial charge in [0.25, 0.3) is 0 Å². The molecule has 19 heavy (non-hydrogen) atoms. The topological polar surface area (TPSA) is 41.7 Å². The van der Waals surface area contributed by atoms with Crippen LogP contribution < -0.4 is 5.73 Å². The first-order valence-electron chi connectivity index (χ1n) is 7.86. The van der Waals surface area contributed by atoms with E-state index in [9.17, 15) is 0 Å². The number of ether oxygens (including phenoxy) is 1. The van der Waals surface area contributed by atoms with E-state index in [0.717, 1.165) is 32.6 Å². The molecule has 3 atom stereocenters. The first kappa shape index (κ1) is 15.2. The van der Waals surface area contributed by atoms with E-state index in [4.69, 9.17) is 10.5 Å². The minimum Gasteiger partial charge on any atom is -0.379 e. The first-order valence-corrected chi connectivity index (χ1v) is 7.86. The number of hydrogen-bond acceptors (Lipinski definition) is 4. The fourth-order valence-corrected chi connectivity index (χ4v) is 4.04. The fourth-order valence-electron chi connectivity index (χ4n) is 4.04. The van der Waals surface area contributed by atoms with E-state index in [-0.39, 0.29) is 5.54 Å². The second-order valence-electron chi connectivity index (χ2n) is 6.27. The molecule has 0 aromatic heterocycles. The molecule has 112 valence electrons. The zero-order valence-electron chi connectivity index (χ0n) is 12.9. The lowest BCUT2D eigenvalue weighted by Crippen LogP contribution is -2.68. The Balaban J connectivity index is 2.15. The van der Waals surface area contributed by atoms with Crippen LogP contribution in [0.1, 0.15) is 39.0 Å². The summed E-state index contributed by atoms with van der Waals surface area (Å²) in [7, 11) is 4.10. The molecule has 0 radical (unpaired) electrons. The lowest BCUT2D eigenvalue weighted by Gasteiger charge is -2.54. The minimum absolute atomic E-state index is 0.0850. The van der Waals surface area contributed by atoms with Crippen molar-refractivity contribution >= 4 is 0 Å². The monoisotopic (exact) mass is 269 g/mol. The number of methoxy groups -OCH3 is 1. The van der Waals surface area contributed by atoms with Gasteiger partial charge in [0.2, 0.25) is 0 Å². The average Bonchev–Trinajstić information content (AvgIpc) is 2.47. The number of nitrogens with zero attached hydrogens (tertiary/aromatic N) is 2. The maximum atomic E-state index is 6.22. The molecule has 2 fully saturated rings. The number of piperazine rings is 1. The molecular weight excluding hydrogens is 238 g/mol. The largest absolute Gasteiger partial charge is 0.379 e. The van der Waals surface area contributed by atoms with Crippen molar-refractivity contribution in [1.82, 2.24) is 9.80 Å². The van der Waals surface area contributed by atoms with Crippen molar-refractivity contribution < 1.29 is 4.74 Å². The van der Waals surface area contributed by atoms with Gasteiger partial charge in [-0.2, -0.15) is 0 Å². The predicted octanol–water partition coefficient (Wildman–Crippen LogP) is 1.30. The van der Waals surface area contributed by atoms with E-state index >= 15 is 0 Å². The third-order valence-corrected chi connectivity index (χ3v) is 5.44. The Kier molecular flexibility index (Phi) is 5.23. The molecule has 0 bridgehead atoms. The van der Waals surface area contributed by atoms with Crippen LogP contribution >= 0.6 is 0 Å². The summed E-state index contributed by atoms with van der Waals surface area (Å²) in [6, 6.07) is 0.664. The van der Waals surface area contributed by atoms with E-state index in [1.165, 1.54) is 25.7 Å². The number of nitrogens with two attached hydrogens (primary N) is 1. The summed E-state index contributed by atoms with van der Waals surface area (Å²) in [6.07, 6.45) is 6.46. The maximum Gasteiger partial charge on any atom is 0.0767 e. The van der Waals surface area contributed by atoms with Crippen LogP contribution in [-0.4, -0.2) is 67.8 Å². The lowest BCUT2D eigenvalue weighted by molar-refractivity contribution is -0.0961. The average molecular weight is 269 g/mol. The van der Waals surface area contributed by atoms with E-state index < -0.39 is 0 Å². The lowest BCUT2D eigenvalue weighted by atomic mass is 9.77. The Bertz CT molecular complexity index is 287. The van der Waals surface area contributed by atoms with Gasteiger partial charge < -0.3 is 15.4 Å². The predicted molar refractivity (Wildman–Crippen MR) is 79.3 cm³/mol. The second-order valence-corrected chi connectivity index (χ2v) is 6.27. The molecule has 1 aliphatic carbocycles. The Morgan fingerprint density at radius 3 is 2.74 bits per heavy atom. The van der Waals surface area contributed by atoms with Crippen molar-refractivity contribution in [3.63, 3.8) is 0 Å². The molecule has 0 aromatic rings. The van der Waals surface area contributed by atoms with Crippen LogP contribution in [0, 0.1) is 0 Å². The highest BCUT2D eigenvalue weighted by Crippen LogP contribution is 2.36. The molecule has 1 aliphatic heterocycles. The van der Waals surface area contributed by atoms with E-state index in [0.29, 0.717) is 12.1 Å². The van der Waals surface area contributed by atoms with E-state index in [1.807, 2.05) is 7.11 Å². The van der Waals surface area contributed by atoms with Crippen LogP contribution in [-0.2, 0) is 4.74 Å². The highest BCUT2D eigenvalue weighted by atomic mass is 16.5. The van der Waals surface area contributed by atoms with Crippen molar-refractivity contribution in [2.24, 2.45) is 5.73 Å². The fraction of sp³-hybridized carbons (Fsp3) is 1.00. The van der Waals surface area contributed by atoms with Crippen LogP contribution in [0.5, 0.6) is 0 Å². The number of likely N-dealkylation sites (N-methyl/N-ethyl adjacent to an activating group) is 1. The molecule has 1 saturated carbocycles. The van der Waals surface area contributed by atoms with Gasteiger partial charge in [-0.05, 0) is 26.3 Å². The Morgan fingerprint density at radius 1 is 1.32 bits per heavy atom. The van der Waals surface area contributed by atoms with Gasteiger partial charge in [0, 0.05) is 39.3 Å². The van der Waals surface area contributed by atoms with Gasteiger partial charge >= 0.3 is 0 Å². The molecule has 4 nitrogen and oxygen atoms in total. The smallest absolute Gasteiger partial charge is 0.0767 e. The van der Waals surface area contributed by atoms with Crippen molar-refractivity contribution in [3.8, 4) is 0 Å². The van der Waals surface area contributed by atoms with Gasteiger partial charge in [0.1, 0.15) is 0 Å². The summed E-state index contributed by atoms with van der Waals surface area (Å²) < 4.78 is 5.81. The molecule has 0 spiro atoms. The van der Waals surface area contributed by atoms with Crippen molar-refractivity contribution in [3.05, 3.63) is 0 Å². The molecule has 2 rings (SSSR count). The van der Waals surface area contributed by atoms with Crippen molar-refractivity contribution in [2.45, 2.75) is 56.7 Å². The summed E-state index contributed by atoms with van der Waals surface area (Å²) in [5.74, 6) is 0. The van der Waals surface area contributed by atoms with Gasteiger partial charge in [-0.3, -0.25) is 4.90 Å². The molecule has 2 N–H and O–H groups in total. The van der Waals surface area contributed by atoms with Crippen molar-refractivity contribution in [1.29, 1.82) is 0 Å². The Hall–Kier alpha value is -0.160. The highest BCUT2D eigenvalue weighted by Gasteiger charge is 2.46. The summed E-state index contributed by atoms with van der Waals surface area (Å²) in [5, 5.41) is 0. The highest BCUT2D eigenvalue weighted by molar-refractivity contribution is 5.03. The first-order chi connectivity index (χ1) is 9.17. The molecule has 3 unspecified atom stereocenters. The summed E-state index contributed by atoms with van der Waals surface area (Å²) >= 11 is 0. The molecular formula is C15H31N3O. The standard InChI is InChI=1S/C15H31N3O/c1-4-13-11-18(10-9-17(13)2)15(12-16)8-6-5-7-14(15)19-3/h13-14H,4-12,16H2,1-3H3. The number of rotatable bonds is 4. The van der Waals surface area contributed by atoms with Crippen LogP contribution in [0.3, 0.4) is 0 Å². The number of hydrogen-bond donors (Lipinski definition) is 1. The maximum absolute atomic E-state index is 6.22. The van der Waals surface area contributed by atoms with Gasteiger partial charge in [0.05, 0.1) is 11.6 Å². The quantitative estimate of drug-likeness (QED) is 0.835. The normalized spacial score (nSPS) is 38.5. The zero-order valence-corrected chi connectivity index (χ0v) is 12.9. The van der Waals surface area contributed by atoms with Gasteiger partial charge in [-0.1, -0.05) is 19.8 Å². The van der Waals surface area contributed by atoms with Gasteiger partial charge in [-0.25, -0.2) is 0 Å². The molecule has 0 amide bonds. The van der Waals surface area contributed by atoms with Crippen LogP contribution in [0.15, 0.2) is 0 Å². The van der Waals surface area contributed by atoms with Gasteiger partial charge in [-0.15, -0.1) is 0 Å². The minimum atomic E-state index is 0.0850. The third kappa shape index (κ3) is 2.82. The van der Waals surface area contributed by atoms with Gasteiger partial charge in [0.15, 0.2) is 0 Å². The van der Waals surface area contributed by atoms with Crippen LogP contribution in [0.2, 0.25) is 0 Å². The van der Waals surface area contributed by atoms with Crippen molar-refractivity contribution in [2.75, 3.05) is 40.3 Å². The summed E-state index contributed by atoms with van der Waals surface area (Å²) in [5.41, 5.74) is 6.31. The zero-order chi connectivity index (χ0) is 13.9. The molecule has 1 saturated heterocycles. The third-order valence-electron chi connectivity index (χ3n) is 5.44. The van der Waals surface area contributed by atoms with E-state index in [2.05, 4.69) is 23.8 Å². The molecule has 0 aromatic carbocycles. The van der Waals surface area contributed by atoms with E-state index in [1.54, 1.807) is 0 Å². The Labute approximate surface area is 118 Å². The second kappa shape index (κ2) is 6.53. The Morgan fingerprint density at radius 2 is 2.11 bits per heavy atom. The molecule has 4 heteroatoms. The SMILES string of the molecule is CCC1CN(C2(CN)CCCCC2OC)CCN1C. The summed E-state index contributed by atoms with van der Waals surface area (Å²) in [6.45, 7) is 6.44. The van der Waals surface area contributed by atoms with Crippen LogP contribution in [0.25, 0.3) is 0 Å². The summed E-state index contributed by atoms with van der Waals surface area (Å²) in [4.78, 5) is 5.14. The molecule has 2 aliphatic rings. The molecule has 1 heterocycles.